The summed E-state index contributed by atoms with van der Waals surface area (Å²) in [6.07, 6.45) is 16.2. The minimum atomic E-state index is -0.257. The van der Waals surface area contributed by atoms with E-state index in [1.54, 1.807) is 12.3 Å². The van der Waals surface area contributed by atoms with Crippen molar-refractivity contribution < 1.29 is 14.3 Å². The van der Waals surface area contributed by atoms with Crippen molar-refractivity contribution in [2.45, 2.75) is 78.1 Å². The molecular weight excluding hydrogens is 398 g/mol. The van der Waals surface area contributed by atoms with Gasteiger partial charge in [-0.15, -0.1) is 0 Å². The maximum Gasteiger partial charge on any atom is 0.315 e. The van der Waals surface area contributed by atoms with Crippen LogP contribution in [0.1, 0.15) is 77.2 Å². The van der Waals surface area contributed by atoms with E-state index in [1.165, 1.54) is 37.7 Å². The van der Waals surface area contributed by atoms with Gasteiger partial charge in [-0.3, -0.25) is 9.78 Å². The van der Waals surface area contributed by atoms with E-state index in [0.717, 1.165) is 50.2 Å². The van der Waals surface area contributed by atoms with Gasteiger partial charge in [0.2, 0.25) is 0 Å². The van der Waals surface area contributed by atoms with Crippen molar-refractivity contribution >= 4 is 5.97 Å². The first-order valence-electron chi connectivity index (χ1n) is 12.2. The molecule has 2 rings (SSSR count). The lowest BCUT2D eigenvalue weighted by Crippen LogP contribution is -2.06. The Morgan fingerprint density at radius 2 is 1.72 bits per heavy atom. The van der Waals surface area contributed by atoms with Gasteiger partial charge in [-0.05, 0) is 56.2 Å². The van der Waals surface area contributed by atoms with Crippen LogP contribution in [0.3, 0.4) is 0 Å². The molecule has 174 valence electrons. The molecular formula is C28H39NO3. The van der Waals surface area contributed by atoms with Crippen molar-refractivity contribution in [3.8, 4) is 17.0 Å². The number of esters is 1. The van der Waals surface area contributed by atoms with E-state index in [2.05, 4.69) is 49.2 Å². The number of carbonyl (C=O) groups excluding carboxylic acids is 1. The van der Waals surface area contributed by atoms with Crippen LogP contribution in [0.25, 0.3) is 11.3 Å². The molecule has 4 nitrogen and oxygen atoms in total. The Balaban J connectivity index is 1.72. The predicted molar refractivity (Wildman–Crippen MR) is 132 cm³/mol. The Morgan fingerprint density at radius 1 is 0.875 bits per heavy atom. The van der Waals surface area contributed by atoms with Crippen LogP contribution in [0.4, 0.5) is 0 Å². The molecule has 0 bridgehead atoms. The van der Waals surface area contributed by atoms with Crippen molar-refractivity contribution in [2.75, 3.05) is 13.2 Å². The van der Waals surface area contributed by atoms with Gasteiger partial charge < -0.3 is 9.47 Å². The number of hydrogen-bond acceptors (Lipinski definition) is 4. The second-order valence-corrected chi connectivity index (χ2v) is 8.14. The number of aryl methyl sites for hydroxylation is 1. The van der Waals surface area contributed by atoms with E-state index < -0.39 is 0 Å². The first kappa shape index (κ1) is 25.8. The summed E-state index contributed by atoms with van der Waals surface area (Å²) in [5.41, 5.74) is 3.28. The van der Waals surface area contributed by atoms with Crippen molar-refractivity contribution in [1.82, 2.24) is 4.98 Å². The second kappa shape index (κ2) is 16.2. The van der Waals surface area contributed by atoms with Crippen LogP contribution in [0.2, 0.25) is 0 Å². The van der Waals surface area contributed by atoms with Crippen LogP contribution in [0.15, 0.2) is 54.7 Å². The van der Waals surface area contributed by atoms with E-state index in [1.807, 2.05) is 12.1 Å². The zero-order valence-electron chi connectivity index (χ0n) is 19.9. The van der Waals surface area contributed by atoms with Gasteiger partial charge in [-0.25, -0.2) is 0 Å². The zero-order chi connectivity index (χ0) is 22.9. The standard InChI is InChI=1S/C28H39NO3/c1-3-5-6-7-8-11-14-28(30)32-26-19-20-27(29-23-26)25-17-15-24(16-18-25)13-10-9-12-22-31-21-4-2/h8,11,15-20,23H,3-7,9-10,12-14,21-22H2,1-2H3/b11-8-. The van der Waals surface area contributed by atoms with Crippen LogP contribution in [-0.2, 0) is 16.0 Å². The number of benzene rings is 1. The fraction of sp³-hybridized carbons (Fsp3) is 0.500. The molecule has 0 unspecified atom stereocenters. The summed E-state index contributed by atoms with van der Waals surface area (Å²) in [5, 5.41) is 0. The highest BCUT2D eigenvalue weighted by Crippen LogP contribution is 2.21. The topological polar surface area (TPSA) is 48.4 Å². The van der Waals surface area contributed by atoms with Gasteiger partial charge in [0, 0.05) is 18.8 Å². The third-order valence-electron chi connectivity index (χ3n) is 5.25. The average Bonchev–Trinajstić information content (AvgIpc) is 2.82. The predicted octanol–water partition coefficient (Wildman–Crippen LogP) is 7.32. The molecule has 2 aromatic rings. The zero-order valence-corrected chi connectivity index (χ0v) is 19.9. The molecule has 0 spiro atoms. The van der Waals surface area contributed by atoms with E-state index in [-0.39, 0.29) is 5.97 Å². The summed E-state index contributed by atoms with van der Waals surface area (Å²) >= 11 is 0. The third kappa shape index (κ3) is 10.7. The smallest absolute Gasteiger partial charge is 0.315 e. The van der Waals surface area contributed by atoms with Crippen molar-refractivity contribution in [3.63, 3.8) is 0 Å². The fourth-order valence-electron chi connectivity index (χ4n) is 3.39. The molecule has 0 amide bonds. The van der Waals surface area contributed by atoms with Crippen LogP contribution in [0, 0.1) is 0 Å². The summed E-state index contributed by atoms with van der Waals surface area (Å²) < 4.78 is 10.9. The lowest BCUT2D eigenvalue weighted by molar-refractivity contribution is -0.133. The van der Waals surface area contributed by atoms with E-state index in [9.17, 15) is 4.79 Å². The van der Waals surface area contributed by atoms with Crippen molar-refractivity contribution in [3.05, 3.63) is 60.3 Å². The van der Waals surface area contributed by atoms with Crippen LogP contribution in [-0.4, -0.2) is 24.2 Å². The number of unbranched alkanes of at least 4 members (excludes halogenated alkanes) is 5. The first-order chi connectivity index (χ1) is 15.7. The Hall–Kier alpha value is -2.46. The van der Waals surface area contributed by atoms with E-state index in [0.29, 0.717) is 12.2 Å². The minimum absolute atomic E-state index is 0.257. The molecule has 0 N–H and O–H groups in total. The van der Waals surface area contributed by atoms with Crippen LogP contribution < -0.4 is 4.74 Å². The highest BCUT2D eigenvalue weighted by molar-refractivity contribution is 5.74. The lowest BCUT2D eigenvalue weighted by Gasteiger charge is -2.06. The Bertz CT molecular complexity index is 781. The minimum Gasteiger partial charge on any atom is -0.425 e. The maximum absolute atomic E-state index is 12.0. The Labute approximate surface area is 194 Å². The number of hydrogen-bond donors (Lipinski definition) is 0. The molecule has 0 atom stereocenters. The SMILES string of the molecule is CCCCC/C=C\CC(=O)Oc1ccc(-c2ccc(CCCCCOCCC)cc2)nc1. The van der Waals surface area contributed by atoms with Gasteiger partial charge in [0.1, 0.15) is 5.75 Å². The number of carbonyl (C=O) groups is 1. The molecule has 0 fully saturated rings. The molecule has 0 aliphatic carbocycles. The number of nitrogens with zero attached hydrogens (tertiary/aromatic N) is 1. The van der Waals surface area contributed by atoms with Gasteiger partial charge in [0.05, 0.1) is 18.3 Å². The highest BCUT2D eigenvalue weighted by Gasteiger charge is 2.05. The molecule has 1 aromatic heterocycles. The molecule has 4 heteroatoms. The van der Waals surface area contributed by atoms with Gasteiger partial charge in [0.15, 0.2) is 0 Å². The lowest BCUT2D eigenvalue weighted by atomic mass is 10.0. The second-order valence-electron chi connectivity index (χ2n) is 8.14. The summed E-state index contributed by atoms with van der Waals surface area (Å²) in [5.74, 6) is 0.227. The molecule has 1 heterocycles. The van der Waals surface area contributed by atoms with Gasteiger partial charge >= 0.3 is 5.97 Å². The van der Waals surface area contributed by atoms with Crippen molar-refractivity contribution in [1.29, 1.82) is 0 Å². The largest absolute Gasteiger partial charge is 0.425 e. The highest BCUT2D eigenvalue weighted by atomic mass is 16.5. The summed E-state index contributed by atoms with van der Waals surface area (Å²) in [7, 11) is 0. The van der Waals surface area contributed by atoms with E-state index in [4.69, 9.17) is 9.47 Å². The molecule has 1 aromatic carbocycles. The quantitative estimate of drug-likeness (QED) is 0.157. The average molecular weight is 438 g/mol. The fourth-order valence-corrected chi connectivity index (χ4v) is 3.39. The van der Waals surface area contributed by atoms with Gasteiger partial charge in [0.25, 0.3) is 0 Å². The number of ether oxygens (including phenoxy) is 2. The molecule has 0 saturated heterocycles. The maximum atomic E-state index is 12.0. The number of aromatic nitrogens is 1. The van der Waals surface area contributed by atoms with Crippen molar-refractivity contribution in [2.24, 2.45) is 0 Å². The monoisotopic (exact) mass is 437 g/mol. The summed E-state index contributed by atoms with van der Waals surface area (Å²) in [6, 6.07) is 12.3. The summed E-state index contributed by atoms with van der Waals surface area (Å²) in [4.78, 5) is 16.4. The molecule has 0 radical (unpaired) electrons. The number of allylic oxidation sites excluding steroid dienone is 1. The third-order valence-corrected chi connectivity index (χ3v) is 5.25. The van der Waals surface area contributed by atoms with Gasteiger partial charge in [-0.2, -0.15) is 0 Å². The normalized spacial score (nSPS) is 11.2. The molecule has 0 aliphatic rings. The molecule has 32 heavy (non-hydrogen) atoms. The first-order valence-corrected chi connectivity index (χ1v) is 12.2. The van der Waals surface area contributed by atoms with Crippen LogP contribution in [0.5, 0.6) is 5.75 Å². The molecule has 0 aliphatic heterocycles. The Kier molecular flexibility index (Phi) is 13.1. The van der Waals surface area contributed by atoms with Crippen LogP contribution >= 0.6 is 0 Å². The van der Waals surface area contributed by atoms with Gasteiger partial charge in [-0.1, -0.05) is 69.5 Å². The summed E-state index contributed by atoms with van der Waals surface area (Å²) in [6.45, 7) is 6.07. The number of pyridine rings is 1. The van der Waals surface area contributed by atoms with E-state index >= 15 is 0 Å². The Morgan fingerprint density at radius 3 is 2.44 bits per heavy atom. The molecule has 0 saturated carbocycles. The number of rotatable bonds is 16.